The number of para-hydroxylation sites is 1. The molecule has 11 aromatic rings. The number of rotatable bonds is 19. The van der Waals surface area contributed by atoms with E-state index in [-0.39, 0.29) is 63.1 Å². The standard InChI is InChI=1S/C22H24N6O.C21H22N4O3S.C19H17ClF3N5O3S.C18H23N5O3S/c1-14-18(21(29)28-12-22(3,4)13-28)9-17(11-25-14)16-5-7-24-20(10-16)27-19-6-8-23-15(2)26-19;1-15-19(14-29(27,28)25(3)20-7-5-4-6-8-20)11-18(13-23-15)17-9-10-22-21(12-17)24-16(2)26;1-10-13(12-4-5-24-16(6-12)26-11(2)29)7-25-18(20)14(10)9-32(30,31)15-8-28(3)27-17(15)19(21,22)23;1-12-17(23-10-16(22(3)4)11-27(23,25)26)7-15(9-20-12)14-5-6-19-18(8-14)21-13(2)24/h5-11H,12-13H2,1-4H3,(H,23,24,26,27);4-13H,14H2,1-3H3,(H,22,24,26);4-8H,9H2,1-3H3,(H,24,26,29);5-9,16H,10-11H2,1-4H3,(H,19,21,24). The van der Waals surface area contributed by atoms with E-state index in [1.807, 2.05) is 74.1 Å². The van der Waals surface area contributed by atoms with Gasteiger partial charge >= 0.3 is 6.18 Å². The minimum absolute atomic E-state index is 0.0417. The number of sulfonamides is 2. The summed E-state index contributed by atoms with van der Waals surface area (Å²) in [6.45, 7) is 19.3. The second-order valence-electron chi connectivity index (χ2n) is 28.7. The Hall–Kier alpha value is -12.1. The van der Waals surface area contributed by atoms with Gasteiger partial charge in [-0.2, -0.15) is 18.3 Å². The van der Waals surface area contributed by atoms with Crippen LogP contribution in [0.4, 0.5) is 53.6 Å². The molecule has 30 nitrogen and oxygen atoms in total. The molecule has 2 fully saturated rings. The van der Waals surface area contributed by atoms with Crippen LogP contribution in [-0.4, -0.2) is 171 Å². The second-order valence-corrected chi connectivity index (χ2v) is 34.9. The third-order valence-corrected chi connectivity index (χ3v) is 24.0. The molecule has 0 spiro atoms. The number of nitrogens with zero attached hydrogens (tertiary/aromatic N) is 16. The second kappa shape index (κ2) is 36.4. The fraction of sp³-hybridized carbons (Fsp3) is 0.287. The van der Waals surface area contributed by atoms with Crippen molar-refractivity contribution >= 4 is 106 Å². The lowest BCUT2D eigenvalue weighted by atomic mass is 9.84. The normalized spacial score (nSPS) is 14.1. The van der Waals surface area contributed by atoms with Crippen LogP contribution in [0.15, 0.2) is 170 Å². The van der Waals surface area contributed by atoms with Crippen LogP contribution in [0.2, 0.25) is 5.15 Å². The largest absolute Gasteiger partial charge is 0.436 e. The van der Waals surface area contributed by atoms with E-state index in [0.29, 0.717) is 86.2 Å². The van der Waals surface area contributed by atoms with E-state index in [9.17, 15) is 57.6 Å². The van der Waals surface area contributed by atoms with Gasteiger partial charge in [-0.15, -0.1) is 0 Å². The zero-order chi connectivity index (χ0) is 85.2. The Morgan fingerprint density at radius 2 is 1.10 bits per heavy atom. The predicted molar refractivity (Wildman–Crippen MR) is 442 cm³/mol. The highest BCUT2D eigenvalue weighted by atomic mass is 35.5. The number of carbonyl (C=O) groups is 4. The minimum Gasteiger partial charge on any atom is -0.337 e. The number of hydrogen-bond donors (Lipinski definition) is 4. The first-order valence-corrected chi connectivity index (χ1v) is 41.4. The topological polar surface area (TPSA) is 378 Å². The molecule has 2 aliphatic heterocycles. The van der Waals surface area contributed by atoms with Crippen molar-refractivity contribution in [3.63, 3.8) is 0 Å². The summed E-state index contributed by atoms with van der Waals surface area (Å²) in [5.74, 6) is 1.56. The number of carbonyl (C=O) groups excluding carboxylic acids is 4. The maximum Gasteiger partial charge on any atom is 0.436 e. The molecule has 2 aliphatic rings. The summed E-state index contributed by atoms with van der Waals surface area (Å²) in [4.78, 5) is 91.9. The van der Waals surface area contributed by atoms with Crippen LogP contribution >= 0.6 is 11.6 Å². The van der Waals surface area contributed by atoms with Gasteiger partial charge < -0.3 is 31.1 Å². The molecule has 2 saturated heterocycles. The summed E-state index contributed by atoms with van der Waals surface area (Å²) >= 11 is 6.13. The Bertz CT molecular complexity index is 5920. The van der Waals surface area contributed by atoms with Crippen molar-refractivity contribution in [2.75, 3.05) is 76.4 Å². The molecule has 4 amide bonds. The monoisotopic (exact) mass is 1670 g/mol. The van der Waals surface area contributed by atoms with E-state index in [2.05, 4.69) is 90.1 Å². The van der Waals surface area contributed by atoms with Gasteiger partial charge in [0.2, 0.25) is 37.8 Å². The third kappa shape index (κ3) is 22.5. The van der Waals surface area contributed by atoms with Crippen LogP contribution < -0.4 is 29.9 Å². The first kappa shape index (κ1) is 87.3. The number of sulfone groups is 1. The fourth-order valence-corrected chi connectivity index (χ4v) is 17.8. The smallest absolute Gasteiger partial charge is 0.337 e. The molecule has 1 atom stereocenters. The van der Waals surface area contributed by atoms with Crippen molar-refractivity contribution in [3.8, 4) is 44.5 Å². The summed E-state index contributed by atoms with van der Waals surface area (Å²) in [5.41, 5.74) is 9.58. The molecule has 117 heavy (non-hydrogen) atoms. The number of likely N-dealkylation sites (N-methyl/N-ethyl adjacent to an activating group) is 1. The molecule has 1 unspecified atom stereocenters. The summed E-state index contributed by atoms with van der Waals surface area (Å²) in [7, 11) is -4.95. The molecular weight excluding hydrogens is 1590 g/mol. The molecule has 0 saturated carbocycles. The summed E-state index contributed by atoms with van der Waals surface area (Å²) in [6, 6.07) is 30.3. The maximum atomic E-state index is 13.3. The van der Waals surface area contributed by atoms with Crippen molar-refractivity contribution in [3.05, 3.63) is 221 Å². The number of pyridine rings is 8. The van der Waals surface area contributed by atoms with Gasteiger partial charge in [0.05, 0.1) is 52.1 Å². The molecular formula is C80H86ClF3N20O10S3. The van der Waals surface area contributed by atoms with E-state index in [0.717, 1.165) is 63.0 Å². The Labute approximate surface area is 680 Å². The van der Waals surface area contributed by atoms with Gasteiger partial charge in [0.15, 0.2) is 15.5 Å². The molecule has 4 N–H and O–H groups in total. The number of hydrogen-bond acceptors (Lipinski definition) is 23. The maximum absolute atomic E-state index is 13.3. The van der Waals surface area contributed by atoms with Gasteiger partial charge in [-0.05, 0) is 172 Å². The first-order valence-electron chi connectivity index (χ1n) is 36.1. The highest BCUT2D eigenvalue weighted by Gasteiger charge is 2.42. The molecule has 0 aliphatic carbocycles. The third-order valence-electron chi connectivity index (χ3n) is 18.5. The first-order chi connectivity index (χ1) is 55.0. The Kier molecular flexibility index (Phi) is 27.1. The molecule has 37 heteroatoms. The average Bonchev–Trinajstić information content (AvgIpc) is 1.73. The molecule has 0 radical (unpaired) electrons. The summed E-state index contributed by atoms with van der Waals surface area (Å²) < 4.78 is 120. The Balaban J connectivity index is 0.000000165. The summed E-state index contributed by atoms with van der Waals surface area (Å²) in [6.07, 6.45) is 10.5. The number of aryl methyl sites for hydroxylation is 5. The predicted octanol–water partition coefficient (Wildman–Crippen LogP) is 12.4. The molecule has 13 rings (SSSR count). The highest BCUT2D eigenvalue weighted by Crippen LogP contribution is 2.39. The van der Waals surface area contributed by atoms with Crippen LogP contribution in [-0.2, 0) is 69.0 Å². The average molecular weight is 1680 g/mol. The number of amides is 4. The van der Waals surface area contributed by atoms with Crippen molar-refractivity contribution in [1.29, 1.82) is 0 Å². The lowest BCUT2D eigenvalue weighted by Crippen LogP contribution is -2.55. The van der Waals surface area contributed by atoms with E-state index >= 15 is 0 Å². The van der Waals surface area contributed by atoms with Gasteiger partial charge in [-0.1, -0.05) is 43.6 Å². The zero-order valence-corrected chi connectivity index (χ0v) is 69.6. The lowest BCUT2D eigenvalue weighted by Gasteiger charge is -2.45. The van der Waals surface area contributed by atoms with Gasteiger partial charge in [0.25, 0.3) is 5.91 Å². The molecule has 1 aromatic carbocycles. The Morgan fingerprint density at radius 3 is 1.63 bits per heavy atom. The highest BCUT2D eigenvalue weighted by molar-refractivity contribution is 7.93. The number of nitrogens with one attached hydrogen (secondary N) is 4. The van der Waals surface area contributed by atoms with Crippen LogP contribution in [0.25, 0.3) is 44.5 Å². The molecule has 12 heterocycles. The number of halogens is 4. The Morgan fingerprint density at radius 1 is 0.598 bits per heavy atom. The number of likely N-dealkylation sites (tertiary alicyclic amines) is 1. The van der Waals surface area contributed by atoms with E-state index in [1.165, 1.54) is 48.8 Å². The number of anilines is 7. The van der Waals surface area contributed by atoms with Crippen LogP contribution in [0.3, 0.4) is 0 Å². The lowest BCUT2D eigenvalue weighted by molar-refractivity contribution is -0.143. The van der Waals surface area contributed by atoms with Crippen molar-refractivity contribution in [2.24, 2.45) is 12.5 Å². The quantitative estimate of drug-likeness (QED) is 0.0546. The molecule has 612 valence electrons. The minimum atomic E-state index is -4.94. The summed E-state index contributed by atoms with van der Waals surface area (Å²) in [5, 5.41) is 14.1. The van der Waals surface area contributed by atoms with Gasteiger partial charge in [0, 0.05) is 149 Å². The SMILES string of the molecule is CC(=O)Nc1cc(-c2cnc(C)c(CS(=O)(=O)N(C)c3ccccc3)c2)ccn1.CC(=O)Nc1cc(-c2cnc(C)c(N3CC(N(C)C)CS3(=O)=O)c2)ccn1.CC(=O)Nc1cc(-c2cnc(Cl)c(CS(=O)(=O)c3cn(C)nc3C(F)(F)F)c2C)ccn1.Cc1nccc(Nc2cc(-c3cnc(C)c(C(=O)N4CC(C)(C)C4)c3)ccn2)n1. The van der Waals surface area contributed by atoms with Gasteiger partial charge in [0.1, 0.15) is 45.0 Å². The van der Waals surface area contributed by atoms with Gasteiger partial charge in [-0.25, -0.2) is 60.1 Å². The van der Waals surface area contributed by atoms with Crippen molar-refractivity contribution in [2.45, 2.75) is 97.9 Å². The molecule has 0 bridgehead atoms. The van der Waals surface area contributed by atoms with E-state index in [1.54, 1.807) is 138 Å². The number of alkyl halides is 3. The van der Waals surface area contributed by atoms with E-state index < -0.39 is 52.4 Å². The number of benzene rings is 1. The van der Waals surface area contributed by atoms with Gasteiger partial charge in [-0.3, -0.25) is 47.4 Å². The van der Waals surface area contributed by atoms with Crippen LogP contribution in [0, 0.1) is 40.0 Å². The van der Waals surface area contributed by atoms with Crippen LogP contribution in [0.1, 0.15) is 90.3 Å². The fourth-order valence-electron chi connectivity index (χ4n) is 12.5. The number of aromatic nitrogens is 12. The zero-order valence-electron chi connectivity index (χ0n) is 66.4. The molecule has 10 aromatic heterocycles. The van der Waals surface area contributed by atoms with E-state index in [4.69, 9.17) is 11.6 Å². The van der Waals surface area contributed by atoms with Crippen molar-refractivity contribution < 1.29 is 57.6 Å². The van der Waals surface area contributed by atoms with Crippen molar-refractivity contribution in [1.82, 2.24) is 69.4 Å². The van der Waals surface area contributed by atoms with Crippen LogP contribution in [0.5, 0.6) is 0 Å².